The number of carbonyl (C=O) groups is 2. The van der Waals surface area contributed by atoms with Crippen LogP contribution >= 0.6 is 0 Å². The number of benzene rings is 1. The van der Waals surface area contributed by atoms with Gasteiger partial charge in [0.25, 0.3) is 11.7 Å². The molecule has 1 aliphatic rings. The van der Waals surface area contributed by atoms with Crippen molar-refractivity contribution in [1.82, 2.24) is 19.2 Å². The van der Waals surface area contributed by atoms with E-state index in [2.05, 4.69) is 30.7 Å². The molecule has 2 aromatic heterocycles. The van der Waals surface area contributed by atoms with E-state index in [0.717, 1.165) is 50.2 Å². The number of amides is 1. The molecule has 1 aliphatic heterocycles. The first-order valence-corrected chi connectivity index (χ1v) is 13.6. The molecule has 1 aromatic carbocycles. The van der Waals surface area contributed by atoms with Gasteiger partial charge in [-0.05, 0) is 69.2 Å². The quantitative estimate of drug-likeness (QED) is 0.158. The highest BCUT2D eigenvalue weighted by Crippen LogP contribution is 2.40. The van der Waals surface area contributed by atoms with Gasteiger partial charge >= 0.3 is 0 Å². The van der Waals surface area contributed by atoms with Crippen molar-refractivity contribution in [2.45, 2.75) is 53.0 Å². The zero-order valence-corrected chi connectivity index (χ0v) is 22.8. The highest BCUT2D eigenvalue weighted by Gasteiger charge is 2.46. The average molecular weight is 519 g/mol. The fourth-order valence-electron chi connectivity index (χ4n) is 5.07. The predicted octanol–water partition coefficient (Wildman–Crippen LogP) is 4.98. The van der Waals surface area contributed by atoms with Crippen molar-refractivity contribution in [3.8, 4) is 5.75 Å². The van der Waals surface area contributed by atoms with Gasteiger partial charge in [0.15, 0.2) is 5.76 Å². The number of ketones is 1. The molecule has 0 radical (unpaired) electrons. The molecule has 0 spiro atoms. The summed E-state index contributed by atoms with van der Waals surface area (Å²) in [6.07, 6.45) is 4.52. The number of likely N-dealkylation sites (tertiary alicyclic amines) is 1. The smallest absolute Gasteiger partial charge is 0.295 e. The van der Waals surface area contributed by atoms with E-state index in [9.17, 15) is 14.7 Å². The Labute approximate surface area is 224 Å². The second kappa shape index (κ2) is 12.3. The molecule has 3 heterocycles. The summed E-state index contributed by atoms with van der Waals surface area (Å²) in [5, 5.41) is 11.6. The minimum absolute atomic E-state index is 0.0891. The van der Waals surface area contributed by atoms with E-state index in [0.29, 0.717) is 30.2 Å². The van der Waals surface area contributed by atoms with Crippen molar-refractivity contribution in [2.24, 2.45) is 0 Å². The molecule has 3 aromatic rings. The van der Waals surface area contributed by atoms with E-state index >= 15 is 0 Å². The lowest BCUT2D eigenvalue weighted by molar-refractivity contribution is -0.140. The average Bonchev–Trinajstić information content (AvgIpc) is 3.39. The molecule has 1 unspecified atom stereocenters. The number of pyridine rings is 1. The normalized spacial score (nSPS) is 17.2. The number of aliphatic hydroxyl groups excluding tert-OH is 1. The van der Waals surface area contributed by atoms with E-state index in [-0.39, 0.29) is 11.3 Å². The van der Waals surface area contributed by atoms with Crippen molar-refractivity contribution in [1.29, 1.82) is 0 Å². The zero-order valence-electron chi connectivity index (χ0n) is 22.8. The highest BCUT2D eigenvalue weighted by molar-refractivity contribution is 6.46. The third-order valence-corrected chi connectivity index (χ3v) is 7.20. The molecule has 0 saturated carbocycles. The van der Waals surface area contributed by atoms with Gasteiger partial charge in [-0.2, -0.15) is 0 Å². The number of aromatic nitrogens is 2. The van der Waals surface area contributed by atoms with Gasteiger partial charge in [0.2, 0.25) is 0 Å². The molecular weight excluding hydrogens is 480 g/mol. The fourth-order valence-corrected chi connectivity index (χ4v) is 5.07. The van der Waals surface area contributed by atoms with Crippen LogP contribution in [0.1, 0.15) is 63.0 Å². The molecule has 1 N–H and O–H groups in total. The fraction of sp³-hybridized carbons (Fsp3) is 0.433. The van der Waals surface area contributed by atoms with Gasteiger partial charge in [-0.3, -0.25) is 14.0 Å². The Balaban J connectivity index is 1.76. The molecule has 1 fully saturated rings. The summed E-state index contributed by atoms with van der Waals surface area (Å²) < 4.78 is 7.57. The Morgan fingerprint density at radius 1 is 1.05 bits per heavy atom. The van der Waals surface area contributed by atoms with Crippen LogP contribution in [0.2, 0.25) is 0 Å². The summed E-state index contributed by atoms with van der Waals surface area (Å²) in [7, 11) is 0. The molecule has 1 saturated heterocycles. The van der Waals surface area contributed by atoms with E-state index in [4.69, 9.17) is 4.74 Å². The van der Waals surface area contributed by atoms with Crippen LogP contribution in [0.25, 0.3) is 11.4 Å². The first-order valence-electron chi connectivity index (χ1n) is 13.6. The van der Waals surface area contributed by atoms with Gasteiger partial charge in [-0.25, -0.2) is 4.98 Å². The Morgan fingerprint density at radius 2 is 1.79 bits per heavy atom. The van der Waals surface area contributed by atoms with E-state index in [1.807, 2.05) is 42.5 Å². The van der Waals surface area contributed by atoms with Gasteiger partial charge in [-0.15, -0.1) is 0 Å². The Bertz CT molecular complexity index is 1310. The van der Waals surface area contributed by atoms with Gasteiger partial charge in [-0.1, -0.05) is 45.4 Å². The maximum atomic E-state index is 13.5. The number of nitrogens with zero attached hydrogens (tertiary/aromatic N) is 4. The number of unbranched alkanes of at least 4 members (excludes halogenated alkanes) is 1. The molecule has 1 amide bonds. The summed E-state index contributed by atoms with van der Waals surface area (Å²) in [4.78, 5) is 35.2. The SMILES string of the molecule is CCCCOc1ccc(C2/C(=C(\O)c3c(C)nc4ccccn34)C(=O)C(=O)N2CCCN(CC)CC)cc1. The first-order chi connectivity index (χ1) is 18.4. The number of Topliss-reactive ketones (excluding diaryl/α,β-unsaturated/α-hetero) is 1. The number of aliphatic hydroxyl groups is 1. The van der Waals surface area contributed by atoms with Gasteiger partial charge < -0.3 is 19.6 Å². The molecule has 0 bridgehead atoms. The number of rotatable bonds is 12. The van der Waals surface area contributed by atoms with Gasteiger partial charge in [0, 0.05) is 12.7 Å². The third-order valence-electron chi connectivity index (χ3n) is 7.20. The van der Waals surface area contributed by atoms with Crippen LogP contribution in [0.15, 0.2) is 54.2 Å². The van der Waals surface area contributed by atoms with Gasteiger partial charge in [0.1, 0.15) is 17.1 Å². The minimum atomic E-state index is -0.704. The lowest BCUT2D eigenvalue weighted by Crippen LogP contribution is -2.33. The highest BCUT2D eigenvalue weighted by atomic mass is 16.5. The minimum Gasteiger partial charge on any atom is -0.505 e. The Hall–Kier alpha value is -3.65. The standard InChI is InChI=1S/C30H38N4O4/c1-5-8-20-38-23-15-13-22(14-16-23)27-25(28(35)26-21(4)31-24-12-9-10-18-33(24)26)29(36)30(37)34(27)19-11-17-32(6-2)7-3/h9-10,12-16,18,27,35H,5-8,11,17,19-20H2,1-4H3/b28-25+. The van der Waals surface area contributed by atoms with Crippen LogP contribution in [0, 0.1) is 6.92 Å². The van der Waals surface area contributed by atoms with Crippen LogP contribution in [0.5, 0.6) is 5.75 Å². The second-order valence-corrected chi connectivity index (χ2v) is 9.62. The lowest BCUT2D eigenvalue weighted by Gasteiger charge is -2.27. The lowest BCUT2D eigenvalue weighted by atomic mass is 9.96. The molecule has 38 heavy (non-hydrogen) atoms. The number of imidazole rings is 1. The molecule has 8 heteroatoms. The number of hydrogen-bond acceptors (Lipinski definition) is 6. The maximum absolute atomic E-state index is 13.5. The van der Waals surface area contributed by atoms with Crippen LogP contribution < -0.4 is 4.74 Å². The second-order valence-electron chi connectivity index (χ2n) is 9.62. The maximum Gasteiger partial charge on any atom is 0.295 e. The molecule has 202 valence electrons. The first kappa shape index (κ1) is 27.4. The zero-order chi connectivity index (χ0) is 27.2. The Morgan fingerprint density at radius 3 is 2.47 bits per heavy atom. The predicted molar refractivity (Wildman–Crippen MR) is 148 cm³/mol. The number of fused-ring (bicyclic) bond motifs is 1. The van der Waals surface area contributed by atoms with Crippen LogP contribution in [-0.2, 0) is 9.59 Å². The molecule has 1 atom stereocenters. The Kier molecular flexibility index (Phi) is 8.84. The summed E-state index contributed by atoms with van der Waals surface area (Å²) in [5.74, 6) is -0.743. The van der Waals surface area contributed by atoms with E-state index in [1.54, 1.807) is 22.4 Å². The van der Waals surface area contributed by atoms with Crippen molar-refractivity contribution in [2.75, 3.05) is 32.8 Å². The molecule has 0 aliphatic carbocycles. The van der Waals surface area contributed by atoms with Crippen LogP contribution in [-0.4, -0.2) is 68.8 Å². The summed E-state index contributed by atoms with van der Waals surface area (Å²) in [6.45, 7) is 11.8. The van der Waals surface area contributed by atoms with E-state index in [1.165, 1.54) is 0 Å². The van der Waals surface area contributed by atoms with Crippen molar-refractivity contribution in [3.05, 3.63) is 71.2 Å². The molecule has 4 rings (SSSR count). The largest absolute Gasteiger partial charge is 0.505 e. The number of aryl methyl sites for hydroxylation is 1. The topological polar surface area (TPSA) is 87.4 Å². The summed E-state index contributed by atoms with van der Waals surface area (Å²) >= 11 is 0. The van der Waals surface area contributed by atoms with Crippen molar-refractivity contribution >= 4 is 23.1 Å². The number of carbonyl (C=O) groups excluding carboxylic acids is 2. The monoisotopic (exact) mass is 518 g/mol. The molecule has 8 nitrogen and oxygen atoms in total. The summed E-state index contributed by atoms with van der Waals surface area (Å²) in [6, 6.07) is 12.3. The van der Waals surface area contributed by atoms with Crippen LogP contribution in [0.3, 0.4) is 0 Å². The van der Waals surface area contributed by atoms with Crippen LogP contribution in [0.4, 0.5) is 0 Å². The van der Waals surface area contributed by atoms with Crippen molar-refractivity contribution < 1.29 is 19.4 Å². The van der Waals surface area contributed by atoms with Crippen molar-refractivity contribution in [3.63, 3.8) is 0 Å². The summed E-state index contributed by atoms with van der Waals surface area (Å²) in [5.41, 5.74) is 2.50. The van der Waals surface area contributed by atoms with E-state index < -0.39 is 17.7 Å². The molecular formula is C30H38N4O4. The third kappa shape index (κ3) is 5.45. The number of hydrogen-bond donors (Lipinski definition) is 1. The number of ether oxygens (including phenoxy) is 1. The van der Waals surface area contributed by atoms with Gasteiger partial charge in [0.05, 0.1) is 23.9 Å².